The molecule has 1 radical (unpaired) electrons. The van der Waals surface area contributed by atoms with Crippen molar-refractivity contribution in [2.45, 2.75) is 70.1 Å². The van der Waals surface area contributed by atoms with Crippen molar-refractivity contribution in [1.29, 1.82) is 0 Å². The molecule has 9 heteroatoms. The number of nitrogens with zero attached hydrogens (tertiary/aromatic N) is 1. The molecule has 0 saturated heterocycles. The number of carbonyl (C=O) groups excluding carboxylic acids is 3. The number of nitrogens with one attached hydrogen (secondary N) is 4. The molecular weight excluding hydrogens is 554 g/mol. The molecule has 3 aromatic carbocycles. The molecule has 1 aliphatic carbocycles. The molecule has 1 aromatic heterocycles. The van der Waals surface area contributed by atoms with Gasteiger partial charge in [-0.2, -0.15) is 0 Å². The largest absolute Gasteiger partial charge is 0.445 e. The zero-order chi connectivity index (χ0) is 30.6. The summed E-state index contributed by atoms with van der Waals surface area (Å²) in [5.74, 6) is -0.245. The number of hydrogen-bond donors (Lipinski definition) is 4. The van der Waals surface area contributed by atoms with Gasteiger partial charge in [-0.3, -0.25) is 9.59 Å². The van der Waals surface area contributed by atoms with E-state index in [9.17, 15) is 14.4 Å². The molecular formula is C35H40N5O4. The van der Waals surface area contributed by atoms with Crippen LogP contribution in [0.1, 0.15) is 55.3 Å². The molecule has 4 aromatic rings. The topological polar surface area (TPSA) is 125 Å². The molecule has 9 nitrogen and oxygen atoms in total. The Balaban J connectivity index is 1.30. The van der Waals surface area contributed by atoms with Crippen LogP contribution in [0.3, 0.4) is 0 Å². The van der Waals surface area contributed by atoms with Gasteiger partial charge in [-0.1, -0.05) is 105 Å². The number of ether oxygens (including phenoxy) is 1. The number of fused-ring (bicyclic) bond motifs is 1. The van der Waals surface area contributed by atoms with Crippen molar-refractivity contribution in [2.75, 3.05) is 0 Å². The molecule has 3 amide bonds. The number of H-pyrrole nitrogens is 1. The molecule has 1 aliphatic rings. The highest BCUT2D eigenvalue weighted by Crippen LogP contribution is 2.26. The summed E-state index contributed by atoms with van der Waals surface area (Å²) in [5, 5.41) is 10.6. The van der Waals surface area contributed by atoms with E-state index >= 15 is 0 Å². The third kappa shape index (κ3) is 8.92. The van der Waals surface area contributed by atoms with Crippen LogP contribution in [0, 0.1) is 12.5 Å². The summed E-state index contributed by atoms with van der Waals surface area (Å²) in [4.78, 5) is 47.3. The summed E-state index contributed by atoms with van der Waals surface area (Å²) in [6, 6.07) is 21.2. The lowest BCUT2D eigenvalue weighted by atomic mass is 9.87. The zero-order valence-electron chi connectivity index (χ0n) is 24.8. The first-order valence-electron chi connectivity index (χ1n) is 15.4. The van der Waals surface area contributed by atoms with E-state index < -0.39 is 24.1 Å². The lowest BCUT2D eigenvalue weighted by molar-refractivity contribution is -0.129. The Labute approximate surface area is 258 Å². The van der Waals surface area contributed by atoms with Crippen molar-refractivity contribution >= 4 is 28.7 Å². The Kier molecular flexibility index (Phi) is 11.0. The molecule has 5 rings (SSSR count). The van der Waals surface area contributed by atoms with Gasteiger partial charge in [0.15, 0.2) is 0 Å². The van der Waals surface area contributed by atoms with Gasteiger partial charge in [0.25, 0.3) is 0 Å². The standard InChI is InChI=1S/C35H40N5O4/c41-33(37-19-18-25-10-3-1-4-11-25)32(21-29-22-36-24-38-29)39-34(42)31(40-35(43)44-23-26-12-5-2-6-13-26)20-28-16-9-15-27-14-7-8-17-30(27)28/h2,5-9,12-17,19,22,24-25,31-32H,1,3-4,10-11,18,20-21,23H2,(H,36,38)(H,37,41)(H,39,42)(H,40,43)/t31?,32-/m0/s1. The second-order valence-corrected chi connectivity index (χ2v) is 11.4. The Morgan fingerprint density at radius 3 is 2.41 bits per heavy atom. The van der Waals surface area contributed by atoms with Crippen LogP contribution >= 0.6 is 0 Å². The van der Waals surface area contributed by atoms with Crippen molar-refractivity contribution in [3.63, 3.8) is 0 Å². The first-order chi connectivity index (χ1) is 21.5. The first-order valence-corrected chi connectivity index (χ1v) is 15.4. The van der Waals surface area contributed by atoms with Crippen molar-refractivity contribution in [1.82, 2.24) is 25.9 Å². The highest BCUT2D eigenvalue weighted by Gasteiger charge is 2.29. The number of aromatic amines is 1. The minimum Gasteiger partial charge on any atom is -0.445 e. The molecule has 4 N–H and O–H groups in total. The van der Waals surface area contributed by atoms with Gasteiger partial charge in [-0.25, -0.2) is 9.78 Å². The number of imidazole rings is 1. The van der Waals surface area contributed by atoms with E-state index in [2.05, 4.69) is 25.9 Å². The van der Waals surface area contributed by atoms with E-state index in [-0.39, 0.29) is 25.4 Å². The van der Waals surface area contributed by atoms with Gasteiger partial charge in [0, 0.05) is 25.6 Å². The second-order valence-electron chi connectivity index (χ2n) is 11.4. The molecule has 0 bridgehead atoms. The van der Waals surface area contributed by atoms with Crippen molar-refractivity contribution in [3.8, 4) is 0 Å². The van der Waals surface area contributed by atoms with E-state index in [4.69, 9.17) is 4.74 Å². The summed E-state index contributed by atoms with van der Waals surface area (Å²) in [6.45, 7) is 1.88. The first kappa shape index (κ1) is 30.8. The number of rotatable bonds is 13. The van der Waals surface area contributed by atoms with Crippen molar-refractivity contribution in [2.24, 2.45) is 5.92 Å². The second kappa shape index (κ2) is 15.7. The monoisotopic (exact) mass is 594 g/mol. The van der Waals surface area contributed by atoms with Crippen LogP contribution in [-0.2, 0) is 33.8 Å². The minimum absolute atomic E-state index is 0.0658. The number of amides is 3. The summed E-state index contributed by atoms with van der Waals surface area (Å²) >= 11 is 0. The van der Waals surface area contributed by atoms with E-state index in [0.717, 1.165) is 28.3 Å². The highest BCUT2D eigenvalue weighted by molar-refractivity contribution is 5.93. The maximum atomic E-state index is 13.9. The zero-order valence-corrected chi connectivity index (χ0v) is 24.8. The SMILES string of the molecule is O=C(NC(Cc1cccc2ccccc12)C(=O)N[C@@H](Cc1c[nH]cn1)C(=O)N[CH]CC1CCCCC1)OCc1ccccc1. The van der Waals surface area contributed by atoms with Gasteiger partial charge >= 0.3 is 6.09 Å². The van der Waals surface area contributed by atoms with Crippen molar-refractivity contribution < 1.29 is 19.1 Å². The fourth-order valence-corrected chi connectivity index (χ4v) is 5.75. The Hall–Kier alpha value is -4.66. The lowest BCUT2D eigenvalue weighted by Crippen LogP contribution is -2.55. The predicted molar refractivity (Wildman–Crippen MR) is 169 cm³/mol. The normalized spacial score (nSPS) is 14.8. The summed E-state index contributed by atoms with van der Waals surface area (Å²) in [5.41, 5.74) is 2.36. The summed E-state index contributed by atoms with van der Waals surface area (Å²) in [7, 11) is 0. The van der Waals surface area contributed by atoms with Gasteiger partial charge in [0.2, 0.25) is 11.8 Å². The molecule has 1 unspecified atom stereocenters. The van der Waals surface area contributed by atoms with Crippen LogP contribution in [-0.4, -0.2) is 40.0 Å². The van der Waals surface area contributed by atoms with Crippen LogP contribution in [0.4, 0.5) is 4.79 Å². The van der Waals surface area contributed by atoms with Gasteiger partial charge in [0.1, 0.15) is 18.7 Å². The van der Waals surface area contributed by atoms with E-state index in [0.29, 0.717) is 11.6 Å². The smallest absolute Gasteiger partial charge is 0.408 e. The molecule has 1 fully saturated rings. The van der Waals surface area contributed by atoms with Gasteiger partial charge in [-0.15, -0.1) is 0 Å². The molecule has 0 spiro atoms. The fraction of sp³-hybridized carbons (Fsp3) is 0.343. The Morgan fingerprint density at radius 1 is 0.864 bits per heavy atom. The number of benzene rings is 3. The number of alkyl carbamates (subject to hydrolysis) is 1. The van der Waals surface area contributed by atoms with Gasteiger partial charge < -0.3 is 25.7 Å². The molecule has 2 atom stereocenters. The summed E-state index contributed by atoms with van der Waals surface area (Å²) < 4.78 is 5.45. The average molecular weight is 595 g/mol. The predicted octanol–water partition coefficient (Wildman–Crippen LogP) is 5.38. The number of aromatic nitrogens is 2. The maximum absolute atomic E-state index is 13.9. The molecule has 0 aliphatic heterocycles. The van der Waals surface area contributed by atoms with Crippen LogP contribution in [0.25, 0.3) is 10.8 Å². The van der Waals surface area contributed by atoms with Gasteiger partial charge in [0.05, 0.1) is 12.0 Å². The van der Waals surface area contributed by atoms with Crippen LogP contribution in [0.2, 0.25) is 0 Å². The molecule has 1 heterocycles. The van der Waals surface area contributed by atoms with E-state index in [1.54, 1.807) is 6.20 Å². The quantitative estimate of drug-likeness (QED) is 0.166. The van der Waals surface area contributed by atoms with Crippen LogP contribution in [0.15, 0.2) is 85.3 Å². The third-order valence-corrected chi connectivity index (χ3v) is 8.15. The minimum atomic E-state index is -0.996. The maximum Gasteiger partial charge on any atom is 0.408 e. The lowest BCUT2D eigenvalue weighted by Gasteiger charge is -2.24. The van der Waals surface area contributed by atoms with Crippen molar-refractivity contribution in [3.05, 3.63) is 109 Å². The molecule has 1 saturated carbocycles. The highest BCUT2D eigenvalue weighted by atomic mass is 16.5. The Morgan fingerprint density at radius 2 is 1.61 bits per heavy atom. The van der Waals surface area contributed by atoms with E-state index in [1.807, 2.05) is 79.3 Å². The summed E-state index contributed by atoms with van der Waals surface area (Å²) in [6.07, 6.45) is 9.77. The fourth-order valence-electron chi connectivity index (χ4n) is 5.75. The number of hydrogen-bond acceptors (Lipinski definition) is 5. The Bertz CT molecular complexity index is 1500. The van der Waals surface area contributed by atoms with E-state index in [1.165, 1.54) is 38.4 Å². The molecule has 229 valence electrons. The van der Waals surface area contributed by atoms with Crippen LogP contribution in [0.5, 0.6) is 0 Å². The third-order valence-electron chi connectivity index (χ3n) is 8.15. The van der Waals surface area contributed by atoms with Crippen LogP contribution < -0.4 is 16.0 Å². The molecule has 44 heavy (non-hydrogen) atoms. The van der Waals surface area contributed by atoms with Gasteiger partial charge in [-0.05, 0) is 34.2 Å². The average Bonchev–Trinajstić information content (AvgIpc) is 3.57. The number of carbonyl (C=O) groups is 3.